The first kappa shape index (κ1) is 16.6. The van der Waals surface area contributed by atoms with Crippen LogP contribution >= 0.6 is 23.6 Å². The molecule has 0 saturated heterocycles. The Morgan fingerprint density at radius 2 is 1.88 bits per heavy atom. The highest BCUT2D eigenvalue weighted by Crippen LogP contribution is 2.24. The molecule has 0 fully saturated rings. The van der Waals surface area contributed by atoms with Gasteiger partial charge in [-0.1, -0.05) is 36.5 Å². The number of hydrogen-bond acceptors (Lipinski definition) is 4. The van der Waals surface area contributed by atoms with E-state index < -0.39 is 0 Å². The number of pyridine rings is 1. The summed E-state index contributed by atoms with van der Waals surface area (Å²) in [6.45, 7) is 0. The van der Waals surface area contributed by atoms with Gasteiger partial charge in [0.25, 0.3) is 5.91 Å². The van der Waals surface area contributed by atoms with Gasteiger partial charge in [0.1, 0.15) is 4.64 Å². The van der Waals surface area contributed by atoms with E-state index in [0.717, 1.165) is 28.2 Å². The third-order valence-electron chi connectivity index (χ3n) is 3.97. The molecule has 0 spiro atoms. The highest BCUT2D eigenvalue weighted by atomic mass is 32.1. The van der Waals surface area contributed by atoms with Crippen LogP contribution in [0.25, 0.3) is 10.2 Å². The number of fused-ring (bicyclic) bond motifs is 1. The van der Waals surface area contributed by atoms with Crippen molar-refractivity contribution in [2.75, 3.05) is 5.32 Å². The molecule has 0 radical (unpaired) electrons. The third kappa shape index (κ3) is 3.56. The zero-order valence-electron chi connectivity index (χ0n) is 13.7. The van der Waals surface area contributed by atoms with E-state index in [1.807, 2.05) is 42.5 Å². The van der Waals surface area contributed by atoms with Gasteiger partial charge >= 0.3 is 0 Å². The van der Waals surface area contributed by atoms with Gasteiger partial charge in [-0.2, -0.15) is 0 Å². The van der Waals surface area contributed by atoms with Crippen LogP contribution in [0.15, 0.2) is 66.9 Å². The minimum Gasteiger partial charge on any atom is -0.352 e. The first-order chi connectivity index (χ1) is 12.7. The number of hydrogen-bond donors (Lipinski definition) is 2. The van der Waals surface area contributed by atoms with E-state index in [1.165, 1.54) is 4.70 Å². The minimum atomic E-state index is -0.217. The largest absolute Gasteiger partial charge is 0.352 e. The molecule has 0 unspecified atom stereocenters. The summed E-state index contributed by atoms with van der Waals surface area (Å²) >= 11 is 6.85. The molecule has 0 aliphatic rings. The Kier molecular flexibility index (Phi) is 4.60. The van der Waals surface area contributed by atoms with Crippen LogP contribution in [0.1, 0.15) is 20.9 Å². The molecule has 2 aromatic carbocycles. The lowest BCUT2D eigenvalue weighted by Gasteiger charge is -2.06. The molecule has 128 valence electrons. The number of amides is 1. The Labute approximate surface area is 159 Å². The van der Waals surface area contributed by atoms with Gasteiger partial charge in [-0.05, 0) is 42.0 Å². The molecule has 0 atom stereocenters. The average Bonchev–Trinajstić information content (AvgIpc) is 3.06. The number of thiazole rings is 1. The molecule has 4 aromatic rings. The quantitative estimate of drug-likeness (QED) is 0.481. The summed E-state index contributed by atoms with van der Waals surface area (Å²) < 4.78 is 1.63. The molecule has 0 bridgehead atoms. The number of carbonyl (C=O) groups excluding carboxylic acids is 1. The molecule has 4 nitrogen and oxygen atoms in total. The van der Waals surface area contributed by atoms with Crippen molar-refractivity contribution in [1.29, 1.82) is 0 Å². The lowest BCUT2D eigenvalue weighted by Crippen LogP contribution is -2.12. The number of benzene rings is 2. The number of carbonyl (C=O) groups is 1. The number of H-pyrrole nitrogens is 1. The van der Waals surface area contributed by atoms with Crippen LogP contribution in [-0.2, 0) is 6.42 Å². The highest BCUT2D eigenvalue weighted by molar-refractivity contribution is 7.71. The lowest BCUT2D eigenvalue weighted by atomic mass is 10.1. The van der Waals surface area contributed by atoms with Crippen molar-refractivity contribution >= 4 is 45.4 Å². The molecule has 2 heterocycles. The molecule has 4 rings (SSSR count). The Morgan fingerprint density at radius 1 is 1.08 bits per heavy atom. The van der Waals surface area contributed by atoms with E-state index in [1.54, 1.807) is 29.7 Å². The number of aromatic nitrogens is 2. The Balaban J connectivity index is 1.47. The van der Waals surface area contributed by atoms with Crippen LogP contribution in [0.4, 0.5) is 5.69 Å². The van der Waals surface area contributed by atoms with Gasteiger partial charge < -0.3 is 10.3 Å². The second-order valence-electron chi connectivity index (χ2n) is 5.82. The normalized spacial score (nSPS) is 10.8. The fraction of sp³-hybridized carbons (Fsp3) is 0.0500. The van der Waals surface area contributed by atoms with Gasteiger partial charge in [0.05, 0.1) is 20.8 Å². The third-order valence-corrected chi connectivity index (χ3v) is 5.34. The number of anilines is 1. The molecule has 1 amide bonds. The first-order valence-corrected chi connectivity index (χ1v) is 9.34. The van der Waals surface area contributed by atoms with E-state index in [9.17, 15) is 4.79 Å². The van der Waals surface area contributed by atoms with Gasteiger partial charge in [-0.3, -0.25) is 4.79 Å². The van der Waals surface area contributed by atoms with Crippen molar-refractivity contribution < 1.29 is 4.79 Å². The SMILES string of the molecule is O=C(Nc1ccc(Cc2nc3ccccc3s2)cc1)c1ccc[nH]c1=S. The molecule has 2 aromatic heterocycles. The van der Waals surface area contributed by atoms with E-state index in [0.29, 0.717) is 10.2 Å². The highest BCUT2D eigenvalue weighted by Gasteiger charge is 2.08. The maximum absolute atomic E-state index is 12.3. The number of para-hydroxylation sites is 1. The van der Waals surface area contributed by atoms with Crippen LogP contribution < -0.4 is 5.32 Å². The topological polar surface area (TPSA) is 57.8 Å². The van der Waals surface area contributed by atoms with E-state index in [-0.39, 0.29) is 5.91 Å². The predicted octanol–water partition coefficient (Wildman–Crippen LogP) is 5.20. The molecule has 26 heavy (non-hydrogen) atoms. The average molecular weight is 377 g/mol. The maximum atomic E-state index is 12.3. The van der Waals surface area contributed by atoms with Crippen molar-refractivity contribution in [2.24, 2.45) is 0 Å². The molecule has 6 heteroatoms. The van der Waals surface area contributed by atoms with Crippen LogP contribution in [0.5, 0.6) is 0 Å². The standard InChI is InChI=1S/C20H15N3OS2/c24-19(15-4-3-11-21-20(15)25)22-14-9-7-13(8-10-14)12-18-23-16-5-1-2-6-17(16)26-18/h1-11H,12H2,(H,21,25)(H,22,24). The van der Waals surface area contributed by atoms with E-state index >= 15 is 0 Å². The number of nitrogens with zero attached hydrogens (tertiary/aromatic N) is 1. The fourth-order valence-electron chi connectivity index (χ4n) is 2.67. The monoisotopic (exact) mass is 377 g/mol. The Morgan fingerprint density at radius 3 is 2.65 bits per heavy atom. The van der Waals surface area contributed by atoms with Gasteiger partial charge in [0.2, 0.25) is 0 Å². The number of rotatable bonds is 4. The van der Waals surface area contributed by atoms with Crippen LogP contribution in [0.3, 0.4) is 0 Å². The maximum Gasteiger partial charge on any atom is 0.258 e. The van der Waals surface area contributed by atoms with Crippen molar-refractivity contribution in [3.05, 3.63) is 87.6 Å². The summed E-state index contributed by atoms with van der Waals surface area (Å²) in [5.41, 5.74) is 3.39. The number of nitrogens with one attached hydrogen (secondary N) is 2. The molecule has 0 aliphatic carbocycles. The summed E-state index contributed by atoms with van der Waals surface area (Å²) in [6, 6.07) is 19.4. The lowest BCUT2D eigenvalue weighted by molar-refractivity contribution is 0.102. The Bertz CT molecular complexity index is 1100. The van der Waals surface area contributed by atoms with E-state index in [4.69, 9.17) is 12.2 Å². The van der Waals surface area contributed by atoms with Crippen LogP contribution in [-0.4, -0.2) is 15.9 Å². The van der Waals surface area contributed by atoms with Gasteiger partial charge in [0.15, 0.2) is 0 Å². The summed E-state index contributed by atoms with van der Waals surface area (Å²) in [5.74, 6) is -0.217. The zero-order valence-corrected chi connectivity index (χ0v) is 15.4. The molecule has 2 N–H and O–H groups in total. The van der Waals surface area contributed by atoms with Gasteiger partial charge in [0, 0.05) is 18.3 Å². The van der Waals surface area contributed by atoms with Crippen LogP contribution in [0.2, 0.25) is 0 Å². The smallest absolute Gasteiger partial charge is 0.258 e. The van der Waals surface area contributed by atoms with Gasteiger partial charge in [-0.15, -0.1) is 11.3 Å². The second kappa shape index (κ2) is 7.19. The van der Waals surface area contributed by atoms with Crippen molar-refractivity contribution in [3.8, 4) is 0 Å². The molecule has 0 saturated carbocycles. The van der Waals surface area contributed by atoms with Crippen molar-refractivity contribution in [3.63, 3.8) is 0 Å². The second-order valence-corrected chi connectivity index (χ2v) is 7.34. The van der Waals surface area contributed by atoms with E-state index in [2.05, 4.69) is 21.4 Å². The first-order valence-electron chi connectivity index (χ1n) is 8.11. The summed E-state index contributed by atoms with van der Waals surface area (Å²) in [6.07, 6.45) is 2.48. The zero-order chi connectivity index (χ0) is 17.9. The number of aromatic amines is 1. The summed E-state index contributed by atoms with van der Waals surface area (Å²) in [5, 5.41) is 3.95. The van der Waals surface area contributed by atoms with Crippen molar-refractivity contribution in [1.82, 2.24) is 9.97 Å². The molecular weight excluding hydrogens is 362 g/mol. The summed E-state index contributed by atoms with van der Waals surface area (Å²) in [4.78, 5) is 19.8. The van der Waals surface area contributed by atoms with Gasteiger partial charge in [-0.25, -0.2) is 4.98 Å². The summed E-state index contributed by atoms with van der Waals surface area (Å²) in [7, 11) is 0. The predicted molar refractivity (Wildman–Crippen MR) is 108 cm³/mol. The Hall–Kier alpha value is -2.83. The fourth-order valence-corrected chi connectivity index (χ4v) is 3.91. The van der Waals surface area contributed by atoms with Crippen LogP contribution in [0, 0.1) is 4.64 Å². The van der Waals surface area contributed by atoms with Crippen molar-refractivity contribution in [2.45, 2.75) is 6.42 Å². The minimum absolute atomic E-state index is 0.217. The molecular formula is C20H15N3OS2. The molecule has 0 aliphatic heterocycles.